The fraction of sp³-hybridized carbons (Fsp3) is 0.867. The zero-order valence-electron chi connectivity index (χ0n) is 13.3. The zero-order chi connectivity index (χ0) is 15.6. The molecule has 0 aromatic rings. The van der Waals surface area contributed by atoms with Gasteiger partial charge in [-0.05, 0) is 23.7 Å². The molecule has 1 aliphatic rings. The number of piperidine rings is 1. The summed E-state index contributed by atoms with van der Waals surface area (Å²) in [5, 5.41) is 11.9. The van der Waals surface area contributed by atoms with E-state index in [1.165, 1.54) is 0 Å². The first-order valence-electron chi connectivity index (χ1n) is 7.28. The first-order valence-corrected chi connectivity index (χ1v) is 7.28. The van der Waals surface area contributed by atoms with E-state index in [9.17, 15) is 9.59 Å². The number of carbonyl (C=O) groups excluding carboxylic acids is 1. The average Bonchev–Trinajstić information content (AvgIpc) is 2.25. The Bertz CT molecular complexity index is 362. The molecule has 2 amide bonds. The van der Waals surface area contributed by atoms with Gasteiger partial charge in [0.25, 0.3) is 0 Å². The fourth-order valence-electron chi connectivity index (χ4n) is 2.30. The Balaban J connectivity index is 2.61. The molecule has 2 N–H and O–H groups in total. The highest BCUT2D eigenvalue weighted by Crippen LogP contribution is 2.30. The monoisotopic (exact) mass is 284 g/mol. The van der Waals surface area contributed by atoms with E-state index in [1.807, 2.05) is 20.8 Å². The highest BCUT2D eigenvalue weighted by molar-refractivity contribution is 5.76. The Morgan fingerprint density at radius 3 is 2.15 bits per heavy atom. The van der Waals surface area contributed by atoms with Crippen molar-refractivity contribution in [2.45, 2.75) is 59.9 Å². The topological polar surface area (TPSA) is 69.6 Å². The van der Waals surface area contributed by atoms with Gasteiger partial charge in [0.2, 0.25) is 0 Å². The number of nitrogens with zero attached hydrogens (tertiary/aromatic N) is 1. The van der Waals surface area contributed by atoms with Gasteiger partial charge in [0, 0.05) is 19.1 Å². The van der Waals surface area contributed by atoms with Crippen LogP contribution >= 0.6 is 0 Å². The van der Waals surface area contributed by atoms with Crippen LogP contribution in [0.1, 0.15) is 53.9 Å². The van der Waals surface area contributed by atoms with Crippen LogP contribution in [0, 0.1) is 10.8 Å². The predicted octanol–water partition coefficient (Wildman–Crippen LogP) is 2.71. The minimum absolute atomic E-state index is 0.0471. The van der Waals surface area contributed by atoms with Crippen LogP contribution < -0.4 is 5.32 Å². The summed E-state index contributed by atoms with van der Waals surface area (Å²) in [7, 11) is 0. The maximum absolute atomic E-state index is 12.3. The molecule has 0 aliphatic carbocycles. The molecule has 0 saturated carbocycles. The summed E-state index contributed by atoms with van der Waals surface area (Å²) in [6.45, 7) is 11.7. The van der Waals surface area contributed by atoms with Crippen molar-refractivity contribution in [3.8, 4) is 0 Å². The van der Waals surface area contributed by atoms with Crippen LogP contribution in [0.5, 0.6) is 0 Å². The van der Waals surface area contributed by atoms with Crippen molar-refractivity contribution in [1.29, 1.82) is 0 Å². The Morgan fingerprint density at radius 1 is 1.25 bits per heavy atom. The van der Waals surface area contributed by atoms with Crippen LogP contribution in [0.3, 0.4) is 0 Å². The number of carboxylic acid groups (broad SMARTS) is 1. The van der Waals surface area contributed by atoms with Gasteiger partial charge in [-0.1, -0.05) is 34.6 Å². The molecule has 1 aliphatic heterocycles. The van der Waals surface area contributed by atoms with Gasteiger partial charge < -0.3 is 15.3 Å². The third-order valence-electron chi connectivity index (χ3n) is 4.13. The minimum atomic E-state index is -0.884. The number of rotatable bonds is 3. The lowest BCUT2D eigenvalue weighted by atomic mass is 9.82. The highest BCUT2D eigenvalue weighted by Gasteiger charge is 2.32. The molecule has 1 rings (SSSR count). The van der Waals surface area contributed by atoms with Crippen molar-refractivity contribution in [1.82, 2.24) is 10.2 Å². The predicted molar refractivity (Wildman–Crippen MR) is 78.6 cm³/mol. The van der Waals surface area contributed by atoms with Gasteiger partial charge in [-0.15, -0.1) is 0 Å². The van der Waals surface area contributed by atoms with Crippen molar-refractivity contribution < 1.29 is 14.7 Å². The third kappa shape index (κ3) is 5.02. The molecule has 5 nitrogen and oxygen atoms in total. The van der Waals surface area contributed by atoms with Crippen LogP contribution in [0.2, 0.25) is 0 Å². The van der Waals surface area contributed by atoms with Crippen molar-refractivity contribution in [2.75, 3.05) is 13.1 Å². The van der Waals surface area contributed by atoms with Crippen LogP contribution in [0.4, 0.5) is 4.79 Å². The fourth-order valence-corrected chi connectivity index (χ4v) is 2.30. The molecular formula is C15H28N2O3. The smallest absolute Gasteiger partial charge is 0.317 e. The van der Waals surface area contributed by atoms with E-state index in [2.05, 4.69) is 19.2 Å². The molecule has 5 heteroatoms. The number of likely N-dealkylation sites (tertiary alicyclic amines) is 1. The molecule has 1 fully saturated rings. The lowest BCUT2D eigenvalue weighted by Gasteiger charge is -2.39. The normalized spacial score (nSPS) is 20.4. The molecule has 0 radical (unpaired) electrons. The largest absolute Gasteiger partial charge is 0.481 e. The molecule has 20 heavy (non-hydrogen) atoms. The van der Waals surface area contributed by atoms with Gasteiger partial charge in [-0.2, -0.15) is 0 Å². The summed E-state index contributed by atoms with van der Waals surface area (Å²) in [5.41, 5.74) is 0.0182. The third-order valence-corrected chi connectivity index (χ3v) is 4.13. The van der Waals surface area contributed by atoms with Crippen molar-refractivity contribution in [3.05, 3.63) is 0 Å². The first kappa shape index (κ1) is 16.8. The second-order valence-electron chi connectivity index (χ2n) is 7.62. The van der Waals surface area contributed by atoms with E-state index in [-0.39, 0.29) is 23.9 Å². The standard InChI is InChI=1S/C15H28N2O3/c1-14(2,3)11(10-12(18)19)16-13(20)17-8-6-15(4,5)7-9-17/h11H,6-10H2,1-5H3,(H,16,20)(H,18,19). The first-order chi connectivity index (χ1) is 9.01. The van der Waals surface area contributed by atoms with Crippen molar-refractivity contribution >= 4 is 12.0 Å². The SMILES string of the molecule is CC1(C)CCN(C(=O)NC(CC(=O)O)C(C)(C)C)CC1. The number of amides is 2. The van der Waals surface area contributed by atoms with E-state index in [0.717, 1.165) is 25.9 Å². The summed E-state index contributed by atoms with van der Waals surface area (Å²) in [4.78, 5) is 25.0. The molecule has 0 aromatic heterocycles. The number of aliphatic carboxylic acids is 1. The number of urea groups is 1. The van der Waals surface area contributed by atoms with Gasteiger partial charge in [-0.3, -0.25) is 4.79 Å². The molecule has 0 spiro atoms. The Labute approximate surface area is 121 Å². The van der Waals surface area contributed by atoms with Crippen LogP contribution in [-0.2, 0) is 4.79 Å². The summed E-state index contributed by atoms with van der Waals surface area (Å²) in [5.74, 6) is -0.884. The molecule has 1 atom stereocenters. The van der Waals surface area contributed by atoms with Gasteiger partial charge in [0.1, 0.15) is 0 Å². The lowest BCUT2D eigenvalue weighted by molar-refractivity contribution is -0.138. The zero-order valence-corrected chi connectivity index (χ0v) is 13.3. The van der Waals surface area contributed by atoms with E-state index in [1.54, 1.807) is 4.90 Å². The summed E-state index contributed by atoms with van der Waals surface area (Å²) in [6, 6.07) is -0.496. The molecular weight excluding hydrogens is 256 g/mol. The number of carboxylic acids is 1. The minimum Gasteiger partial charge on any atom is -0.481 e. The van der Waals surface area contributed by atoms with Gasteiger partial charge in [0.15, 0.2) is 0 Å². The summed E-state index contributed by atoms with van der Waals surface area (Å²) < 4.78 is 0. The summed E-state index contributed by atoms with van der Waals surface area (Å²) in [6.07, 6.45) is 1.92. The Hall–Kier alpha value is -1.26. The number of nitrogens with one attached hydrogen (secondary N) is 1. The molecule has 0 bridgehead atoms. The molecule has 116 valence electrons. The number of hydrogen-bond acceptors (Lipinski definition) is 2. The lowest BCUT2D eigenvalue weighted by Crippen LogP contribution is -2.52. The van der Waals surface area contributed by atoms with Crippen LogP contribution in [0.25, 0.3) is 0 Å². The van der Waals surface area contributed by atoms with E-state index in [4.69, 9.17) is 5.11 Å². The van der Waals surface area contributed by atoms with Crippen LogP contribution in [-0.4, -0.2) is 41.1 Å². The summed E-state index contributed by atoms with van der Waals surface area (Å²) >= 11 is 0. The van der Waals surface area contributed by atoms with Gasteiger partial charge in [-0.25, -0.2) is 4.79 Å². The number of carbonyl (C=O) groups is 2. The van der Waals surface area contributed by atoms with Crippen LogP contribution in [0.15, 0.2) is 0 Å². The molecule has 1 heterocycles. The van der Waals surface area contributed by atoms with Crippen molar-refractivity contribution in [2.24, 2.45) is 10.8 Å². The van der Waals surface area contributed by atoms with E-state index < -0.39 is 5.97 Å². The maximum Gasteiger partial charge on any atom is 0.317 e. The number of hydrogen-bond donors (Lipinski definition) is 2. The average molecular weight is 284 g/mol. The van der Waals surface area contributed by atoms with Crippen molar-refractivity contribution in [3.63, 3.8) is 0 Å². The van der Waals surface area contributed by atoms with E-state index >= 15 is 0 Å². The second kappa shape index (κ2) is 6.02. The van der Waals surface area contributed by atoms with E-state index in [0.29, 0.717) is 5.41 Å². The molecule has 1 saturated heterocycles. The Morgan fingerprint density at radius 2 is 1.75 bits per heavy atom. The quantitative estimate of drug-likeness (QED) is 0.837. The maximum atomic E-state index is 12.3. The second-order valence-corrected chi connectivity index (χ2v) is 7.62. The highest BCUT2D eigenvalue weighted by atomic mass is 16.4. The molecule has 1 unspecified atom stereocenters. The van der Waals surface area contributed by atoms with Gasteiger partial charge >= 0.3 is 12.0 Å². The van der Waals surface area contributed by atoms with Gasteiger partial charge in [0.05, 0.1) is 6.42 Å². The Kier molecular flexibility index (Phi) is 5.05. The molecule has 0 aromatic carbocycles.